The van der Waals surface area contributed by atoms with Crippen molar-refractivity contribution in [3.8, 4) is 0 Å². The lowest BCUT2D eigenvalue weighted by atomic mass is 10.2. The molecule has 0 rings (SSSR count). The van der Waals surface area contributed by atoms with Gasteiger partial charge in [-0.25, -0.2) is 4.79 Å². The summed E-state index contributed by atoms with van der Waals surface area (Å²) in [6.07, 6.45) is 0.726. The number of nitrogens with one attached hydrogen (secondary N) is 2. The van der Waals surface area contributed by atoms with Crippen molar-refractivity contribution in [1.82, 2.24) is 15.5 Å². The first-order valence-corrected chi connectivity index (χ1v) is 6.68. The first kappa shape index (κ1) is 17.5. The van der Waals surface area contributed by atoms with Crippen LogP contribution in [0, 0.1) is 0 Å². The van der Waals surface area contributed by atoms with E-state index in [2.05, 4.69) is 22.5 Å². The number of likely N-dealkylation sites (N-methyl/N-ethyl adjacent to an activating group) is 1. The first-order chi connectivity index (χ1) is 8.80. The smallest absolute Gasteiger partial charge is 0.410 e. The van der Waals surface area contributed by atoms with E-state index >= 15 is 0 Å². The monoisotopic (exact) mass is 272 g/mol. The van der Waals surface area contributed by atoms with Crippen LogP contribution in [0.1, 0.15) is 34.1 Å². The molecule has 0 fully saturated rings. The molecule has 0 aliphatic rings. The van der Waals surface area contributed by atoms with Crippen LogP contribution < -0.4 is 10.6 Å². The quantitative estimate of drug-likeness (QED) is 0.587. The molecule has 0 saturated heterocycles. The molecule has 112 valence electrons. The summed E-state index contributed by atoms with van der Waals surface area (Å²) >= 11 is 0. The number of hydrogen-bond acceptors (Lipinski definition) is 3. The van der Waals surface area contributed by atoms with E-state index in [1.165, 1.54) is 0 Å². The van der Waals surface area contributed by atoms with E-state index in [0.717, 1.165) is 18.9 Å². The summed E-state index contributed by atoms with van der Waals surface area (Å²) in [5, 5.41) is 6.31. The van der Waals surface area contributed by atoms with Crippen molar-refractivity contribution < 1.29 is 9.53 Å². The van der Waals surface area contributed by atoms with Crippen LogP contribution in [-0.2, 0) is 4.74 Å². The summed E-state index contributed by atoms with van der Waals surface area (Å²) in [5.74, 6) is 0.749. The third-order valence-corrected chi connectivity index (χ3v) is 2.21. The highest BCUT2D eigenvalue weighted by atomic mass is 16.6. The molecule has 0 radical (unpaired) electrons. The summed E-state index contributed by atoms with van der Waals surface area (Å²) in [6.45, 7) is 9.72. The number of aliphatic imine (C=N–C) groups is 1. The van der Waals surface area contributed by atoms with E-state index in [9.17, 15) is 4.79 Å². The van der Waals surface area contributed by atoms with Crippen molar-refractivity contribution in [2.75, 3.05) is 33.7 Å². The normalized spacial score (nSPS) is 12.0. The number of carbonyl (C=O) groups excluding carboxylic acids is 1. The average Bonchev–Trinajstić information content (AvgIpc) is 2.31. The molecule has 0 heterocycles. The highest BCUT2D eigenvalue weighted by Gasteiger charge is 2.19. The Morgan fingerprint density at radius 3 is 2.32 bits per heavy atom. The molecule has 0 aliphatic heterocycles. The second-order valence-electron chi connectivity index (χ2n) is 5.33. The second-order valence-corrected chi connectivity index (χ2v) is 5.33. The lowest BCUT2D eigenvalue weighted by Crippen LogP contribution is -2.43. The van der Waals surface area contributed by atoms with E-state index in [1.807, 2.05) is 20.8 Å². The standard InChI is InChI=1S/C13H28N4O2/c1-7-8-15-11(14-5)16-9-10-17(6)12(18)19-13(2,3)4/h7-10H2,1-6H3,(H2,14,15,16). The number of rotatable bonds is 5. The Bertz CT molecular complexity index is 298. The van der Waals surface area contributed by atoms with Gasteiger partial charge in [-0.1, -0.05) is 6.92 Å². The number of guanidine groups is 1. The Labute approximate surface area is 116 Å². The molecule has 0 unspecified atom stereocenters. The number of hydrogen-bond donors (Lipinski definition) is 2. The lowest BCUT2D eigenvalue weighted by Gasteiger charge is -2.24. The maximum Gasteiger partial charge on any atom is 0.410 e. The van der Waals surface area contributed by atoms with Crippen molar-refractivity contribution in [2.45, 2.75) is 39.7 Å². The van der Waals surface area contributed by atoms with Crippen molar-refractivity contribution >= 4 is 12.1 Å². The summed E-state index contributed by atoms with van der Waals surface area (Å²) in [4.78, 5) is 17.3. The highest BCUT2D eigenvalue weighted by Crippen LogP contribution is 2.08. The Hall–Kier alpha value is -1.46. The fraction of sp³-hybridized carbons (Fsp3) is 0.846. The van der Waals surface area contributed by atoms with Crippen LogP contribution >= 0.6 is 0 Å². The van der Waals surface area contributed by atoms with Gasteiger partial charge in [0.2, 0.25) is 0 Å². The minimum atomic E-state index is -0.461. The Kier molecular flexibility index (Phi) is 7.95. The Balaban J connectivity index is 3.96. The summed E-state index contributed by atoms with van der Waals surface area (Å²) in [7, 11) is 3.45. The maximum atomic E-state index is 11.7. The van der Waals surface area contributed by atoms with E-state index in [1.54, 1.807) is 19.0 Å². The van der Waals surface area contributed by atoms with Gasteiger partial charge >= 0.3 is 6.09 Å². The van der Waals surface area contributed by atoms with Gasteiger partial charge < -0.3 is 20.3 Å². The van der Waals surface area contributed by atoms with Gasteiger partial charge in [0.1, 0.15) is 5.60 Å². The Morgan fingerprint density at radius 2 is 1.84 bits per heavy atom. The van der Waals surface area contributed by atoms with Crippen LogP contribution in [-0.4, -0.2) is 56.3 Å². The molecule has 0 bridgehead atoms. The van der Waals surface area contributed by atoms with Crippen molar-refractivity contribution in [3.05, 3.63) is 0 Å². The van der Waals surface area contributed by atoms with E-state index in [-0.39, 0.29) is 6.09 Å². The molecule has 2 N–H and O–H groups in total. The molecule has 0 aromatic heterocycles. The fourth-order valence-corrected chi connectivity index (χ4v) is 1.24. The summed E-state index contributed by atoms with van der Waals surface area (Å²) < 4.78 is 5.26. The molecule has 1 amide bonds. The minimum absolute atomic E-state index is 0.314. The number of amides is 1. The van der Waals surface area contributed by atoms with Gasteiger partial charge in [-0.3, -0.25) is 4.99 Å². The maximum absolute atomic E-state index is 11.7. The van der Waals surface area contributed by atoms with Gasteiger partial charge in [0.05, 0.1) is 0 Å². The molecule has 6 nitrogen and oxygen atoms in total. The molecule has 19 heavy (non-hydrogen) atoms. The van der Waals surface area contributed by atoms with Crippen LogP contribution in [0.4, 0.5) is 4.79 Å². The van der Waals surface area contributed by atoms with Crippen LogP contribution in [0.2, 0.25) is 0 Å². The fourth-order valence-electron chi connectivity index (χ4n) is 1.24. The summed E-state index contributed by atoms with van der Waals surface area (Å²) in [6, 6.07) is 0. The molecule has 0 aromatic rings. The third kappa shape index (κ3) is 9.16. The van der Waals surface area contributed by atoms with Crippen LogP contribution in [0.15, 0.2) is 4.99 Å². The van der Waals surface area contributed by atoms with Crippen LogP contribution in [0.5, 0.6) is 0 Å². The number of nitrogens with zero attached hydrogens (tertiary/aromatic N) is 2. The Morgan fingerprint density at radius 1 is 1.26 bits per heavy atom. The zero-order valence-electron chi connectivity index (χ0n) is 13.0. The molecule has 0 spiro atoms. The van der Waals surface area contributed by atoms with Crippen molar-refractivity contribution in [3.63, 3.8) is 0 Å². The minimum Gasteiger partial charge on any atom is -0.444 e. The molecule has 6 heteroatoms. The predicted octanol–water partition coefficient (Wildman–Crippen LogP) is 1.43. The van der Waals surface area contributed by atoms with Gasteiger partial charge in [0.15, 0.2) is 5.96 Å². The predicted molar refractivity (Wildman–Crippen MR) is 78.5 cm³/mol. The number of ether oxygens (including phenoxy) is 1. The molecular formula is C13H28N4O2. The van der Waals surface area contributed by atoms with Crippen LogP contribution in [0.3, 0.4) is 0 Å². The first-order valence-electron chi connectivity index (χ1n) is 6.68. The van der Waals surface area contributed by atoms with Gasteiger partial charge in [-0.15, -0.1) is 0 Å². The molecular weight excluding hydrogens is 244 g/mol. The summed E-state index contributed by atoms with van der Waals surface area (Å²) in [5.41, 5.74) is -0.461. The van der Waals surface area contributed by atoms with Gasteiger partial charge in [-0.2, -0.15) is 0 Å². The highest BCUT2D eigenvalue weighted by molar-refractivity contribution is 5.79. The van der Waals surface area contributed by atoms with E-state index < -0.39 is 5.60 Å². The molecule has 0 aliphatic carbocycles. The molecule has 0 atom stereocenters. The van der Waals surface area contributed by atoms with Gasteiger partial charge in [-0.05, 0) is 27.2 Å². The second kappa shape index (κ2) is 8.61. The van der Waals surface area contributed by atoms with Crippen LogP contribution in [0.25, 0.3) is 0 Å². The topological polar surface area (TPSA) is 66.0 Å². The average molecular weight is 272 g/mol. The zero-order chi connectivity index (χ0) is 14.9. The zero-order valence-corrected chi connectivity index (χ0v) is 13.0. The number of carbonyl (C=O) groups is 1. The van der Waals surface area contributed by atoms with Crippen molar-refractivity contribution in [1.29, 1.82) is 0 Å². The SMILES string of the molecule is CCCNC(=NC)NCCN(C)C(=O)OC(C)(C)C. The molecule has 0 saturated carbocycles. The molecule has 0 aromatic carbocycles. The largest absolute Gasteiger partial charge is 0.444 e. The van der Waals surface area contributed by atoms with Gasteiger partial charge in [0.25, 0.3) is 0 Å². The lowest BCUT2D eigenvalue weighted by molar-refractivity contribution is 0.0302. The van der Waals surface area contributed by atoms with E-state index in [4.69, 9.17) is 4.74 Å². The van der Waals surface area contributed by atoms with Crippen molar-refractivity contribution in [2.24, 2.45) is 4.99 Å². The van der Waals surface area contributed by atoms with E-state index in [0.29, 0.717) is 13.1 Å². The third-order valence-electron chi connectivity index (χ3n) is 2.21. The van der Waals surface area contributed by atoms with Gasteiger partial charge in [0, 0.05) is 33.7 Å².